The molecule has 7 rings (SSSR count). The molecule has 3 aliphatic rings. The molecule has 0 saturated heterocycles. The third-order valence-electron chi connectivity index (χ3n) is 7.31. The monoisotopic (exact) mass is 412 g/mol. The summed E-state index contributed by atoms with van der Waals surface area (Å²) in [5, 5.41) is 0. The number of allylic oxidation sites excluding steroid dienone is 5. The highest BCUT2D eigenvalue weighted by Crippen LogP contribution is 2.54. The second-order valence-electron chi connectivity index (χ2n) is 9.06. The summed E-state index contributed by atoms with van der Waals surface area (Å²) in [5.74, 6) is 1.55. The molecule has 0 spiro atoms. The van der Waals surface area contributed by atoms with Crippen LogP contribution in [0.15, 0.2) is 90.5 Å². The average Bonchev–Trinajstić information content (AvgIpc) is 3.35. The van der Waals surface area contributed by atoms with Crippen LogP contribution in [0.1, 0.15) is 53.3 Å². The largest absolute Gasteiger partial charge is 0.297 e. The quantitative estimate of drug-likeness (QED) is 0.336. The Bertz CT molecular complexity index is 1490. The van der Waals surface area contributed by atoms with Crippen molar-refractivity contribution in [1.29, 1.82) is 0 Å². The van der Waals surface area contributed by atoms with Gasteiger partial charge in [0.25, 0.3) is 0 Å². The fraction of sp³-hybridized carbons (Fsp3) is 0.167. The summed E-state index contributed by atoms with van der Waals surface area (Å²) in [5.41, 5.74) is 13.4. The minimum absolute atomic E-state index is 0.528. The zero-order valence-electron chi connectivity index (χ0n) is 18.2. The second-order valence-corrected chi connectivity index (χ2v) is 9.06. The molecule has 0 radical (unpaired) electrons. The van der Waals surface area contributed by atoms with Crippen LogP contribution in [0.5, 0.6) is 0 Å². The topological polar surface area (TPSA) is 17.8 Å². The SMILES string of the molecule is Cc1nc2cc(C3=CCC4C5=CCCC=C5c5cccc3c54)ccc2n1-c1ccccc1. The van der Waals surface area contributed by atoms with Gasteiger partial charge in [-0.15, -0.1) is 0 Å². The summed E-state index contributed by atoms with van der Waals surface area (Å²) in [6.45, 7) is 2.09. The molecule has 3 aromatic carbocycles. The minimum atomic E-state index is 0.528. The molecule has 1 aromatic heterocycles. The number of hydrogen-bond acceptors (Lipinski definition) is 1. The van der Waals surface area contributed by atoms with E-state index in [1.54, 1.807) is 5.57 Å². The van der Waals surface area contributed by atoms with E-state index in [0.29, 0.717) is 5.92 Å². The van der Waals surface area contributed by atoms with E-state index in [2.05, 4.69) is 96.4 Å². The standard InChI is InChI=1S/C30H24N2/c1-19-31-28-18-20(14-17-29(28)32(19)21-8-3-2-4-9-21)22-15-16-27-24-11-6-5-10-23(24)26-13-7-12-25(22)30(26)27/h2-4,7-15,17-18,27H,5-6,16H2,1H3. The molecule has 0 amide bonds. The molecule has 0 saturated carbocycles. The van der Waals surface area contributed by atoms with E-state index in [1.165, 1.54) is 39.8 Å². The van der Waals surface area contributed by atoms with Crippen molar-refractivity contribution in [2.24, 2.45) is 0 Å². The number of hydrogen-bond donors (Lipinski definition) is 0. The molecule has 154 valence electrons. The molecule has 2 nitrogen and oxygen atoms in total. The van der Waals surface area contributed by atoms with Gasteiger partial charge in [-0.05, 0) is 89.4 Å². The number of aryl methyl sites for hydroxylation is 1. The molecule has 1 unspecified atom stereocenters. The molecule has 1 atom stereocenters. The Morgan fingerprint density at radius 3 is 2.50 bits per heavy atom. The fourth-order valence-electron chi connectivity index (χ4n) is 5.99. The summed E-state index contributed by atoms with van der Waals surface area (Å²) in [7, 11) is 0. The van der Waals surface area contributed by atoms with Crippen molar-refractivity contribution in [2.45, 2.75) is 32.1 Å². The number of fused-ring (bicyclic) bond motifs is 4. The van der Waals surface area contributed by atoms with Gasteiger partial charge in [0, 0.05) is 11.6 Å². The maximum Gasteiger partial charge on any atom is 0.111 e. The fourth-order valence-corrected chi connectivity index (χ4v) is 5.99. The van der Waals surface area contributed by atoms with E-state index < -0.39 is 0 Å². The summed E-state index contributed by atoms with van der Waals surface area (Å²) in [4.78, 5) is 4.92. The van der Waals surface area contributed by atoms with Crippen molar-refractivity contribution in [3.05, 3.63) is 119 Å². The molecular weight excluding hydrogens is 388 g/mol. The number of aromatic nitrogens is 2. The van der Waals surface area contributed by atoms with Gasteiger partial charge >= 0.3 is 0 Å². The Balaban J connectivity index is 1.37. The lowest BCUT2D eigenvalue weighted by atomic mass is 9.80. The highest BCUT2D eigenvalue weighted by atomic mass is 15.1. The van der Waals surface area contributed by atoms with Crippen LogP contribution in [0.2, 0.25) is 0 Å². The highest BCUT2D eigenvalue weighted by Gasteiger charge is 2.36. The van der Waals surface area contributed by atoms with Crippen molar-refractivity contribution in [3.8, 4) is 5.69 Å². The van der Waals surface area contributed by atoms with Crippen LogP contribution in [0.3, 0.4) is 0 Å². The number of nitrogens with zero attached hydrogens (tertiary/aromatic N) is 2. The van der Waals surface area contributed by atoms with E-state index in [-0.39, 0.29) is 0 Å². The third kappa shape index (κ3) is 2.44. The zero-order chi connectivity index (χ0) is 21.2. The zero-order valence-corrected chi connectivity index (χ0v) is 18.2. The van der Waals surface area contributed by atoms with Crippen LogP contribution in [0.4, 0.5) is 0 Å². The molecule has 1 heterocycles. The van der Waals surface area contributed by atoms with Gasteiger partial charge in [-0.3, -0.25) is 4.57 Å². The van der Waals surface area contributed by atoms with Gasteiger partial charge in [0.05, 0.1) is 11.0 Å². The summed E-state index contributed by atoms with van der Waals surface area (Å²) >= 11 is 0. The predicted molar refractivity (Wildman–Crippen MR) is 132 cm³/mol. The van der Waals surface area contributed by atoms with Crippen LogP contribution >= 0.6 is 0 Å². The Labute approximate surface area is 188 Å². The third-order valence-corrected chi connectivity index (χ3v) is 7.31. The molecule has 32 heavy (non-hydrogen) atoms. The molecule has 3 aliphatic carbocycles. The van der Waals surface area contributed by atoms with Crippen molar-refractivity contribution >= 4 is 22.2 Å². The first kappa shape index (κ1) is 18.0. The Morgan fingerprint density at radius 2 is 1.62 bits per heavy atom. The normalized spacial score (nSPS) is 18.7. The first-order valence-electron chi connectivity index (χ1n) is 11.6. The first-order chi connectivity index (χ1) is 15.8. The van der Waals surface area contributed by atoms with Gasteiger partial charge in [-0.1, -0.05) is 60.7 Å². The Kier molecular flexibility index (Phi) is 3.75. The number of imidazole rings is 1. The lowest BCUT2D eigenvalue weighted by Gasteiger charge is -2.23. The predicted octanol–water partition coefficient (Wildman–Crippen LogP) is 7.37. The number of para-hydroxylation sites is 1. The number of rotatable bonds is 2. The van der Waals surface area contributed by atoms with E-state index in [0.717, 1.165) is 35.4 Å². The van der Waals surface area contributed by atoms with Crippen LogP contribution in [0.25, 0.3) is 27.9 Å². The van der Waals surface area contributed by atoms with Gasteiger partial charge in [-0.2, -0.15) is 0 Å². The molecule has 0 N–H and O–H groups in total. The summed E-state index contributed by atoms with van der Waals surface area (Å²) < 4.78 is 2.24. The van der Waals surface area contributed by atoms with Crippen LogP contribution < -0.4 is 0 Å². The maximum absolute atomic E-state index is 4.92. The molecule has 2 heteroatoms. The number of benzene rings is 3. The van der Waals surface area contributed by atoms with Crippen molar-refractivity contribution in [3.63, 3.8) is 0 Å². The Morgan fingerprint density at radius 1 is 0.812 bits per heavy atom. The van der Waals surface area contributed by atoms with Gasteiger partial charge in [-0.25, -0.2) is 4.98 Å². The van der Waals surface area contributed by atoms with Gasteiger partial charge in [0.1, 0.15) is 5.82 Å². The summed E-state index contributed by atoms with van der Waals surface area (Å²) in [6.07, 6.45) is 10.8. The molecule has 0 fully saturated rings. The highest BCUT2D eigenvalue weighted by molar-refractivity contribution is 5.96. The lowest BCUT2D eigenvalue weighted by molar-refractivity contribution is 0.826. The molecule has 0 bridgehead atoms. The molecule has 0 aliphatic heterocycles. The molecule has 4 aromatic rings. The van der Waals surface area contributed by atoms with Crippen molar-refractivity contribution < 1.29 is 0 Å². The van der Waals surface area contributed by atoms with Gasteiger partial charge in [0.15, 0.2) is 0 Å². The van der Waals surface area contributed by atoms with Crippen molar-refractivity contribution in [2.75, 3.05) is 0 Å². The van der Waals surface area contributed by atoms with E-state index in [9.17, 15) is 0 Å². The van der Waals surface area contributed by atoms with Crippen molar-refractivity contribution in [1.82, 2.24) is 9.55 Å². The van der Waals surface area contributed by atoms with Crippen LogP contribution in [0, 0.1) is 6.92 Å². The van der Waals surface area contributed by atoms with Gasteiger partial charge in [0.2, 0.25) is 0 Å². The summed E-state index contributed by atoms with van der Waals surface area (Å²) in [6, 6.07) is 24.1. The van der Waals surface area contributed by atoms with E-state index >= 15 is 0 Å². The average molecular weight is 413 g/mol. The van der Waals surface area contributed by atoms with E-state index in [4.69, 9.17) is 4.98 Å². The van der Waals surface area contributed by atoms with Crippen LogP contribution in [-0.2, 0) is 0 Å². The van der Waals surface area contributed by atoms with Crippen LogP contribution in [-0.4, -0.2) is 9.55 Å². The maximum atomic E-state index is 4.92. The lowest BCUT2D eigenvalue weighted by Crippen LogP contribution is -2.06. The minimum Gasteiger partial charge on any atom is -0.297 e. The first-order valence-corrected chi connectivity index (χ1v) is 11.6. The smallest absolute Gasteiger partial charge is 0.111 e. The molecular formula is C30H24N2. The van der Waals surface area contributed by atoms with Gasteiger partial charge < -0.3 is 0 Å². The van der Waals surface area contributed by atoms with E-state index in [1.807, 2.05) is 0 Å². The Hall–Kier alpha value is -3.65. The second kappa shape index (κ2) is 6.67.